The Morgan fingerprint density at radius 2 is 1.64 bits per heavy atom. The molecule has 2 aliphatic heterocycles. The van der Waals surface area contributed by atoms with E-state index in [-0.39, 0.29) is 5.79 Å². The zero-order valence-electron chi connectivity index (χ0n) is 14.3. The zero-order chi connectivity index (χ0) is 15.4. The van der Waals surface area contributed by atoms with E-state index in [1.165, 1.54) is 32.1 Å². The van der Waals surface area contributed by atoms with Crippen molar-refractivity contribution in [2.24, 2.45) is 5.92 Å². The van der Waals surface area contributed by atoms with Crippen LogP contribution in [0.2, 0.25) is 0 Å². The van der Waals surface area contributed by atoms with Gasteiger partial charge in [-0.2, -0.15) is 0 Å². The molecule has 128 valence electrons. The van der Waals surface area contributed by atoms with Gasteiger partial charge in [0.05, 0.1) is 19.3 Å². The summed E-state index contributed by atoms with van der Waals surface area (Å²) in [4.78, 5) is 0. The standard InChI is InChI=1S/C18H33NO3/c1-3-14(4-2)17-13-16(7-10-20-17)19-15-5-8-18(9-6-15)21-11-12-22-18/h14-17,19H,3-13H2,1-2H3/t16-,17-/m1/s1. The van der Waals surface area contributed by atoms with Crippen molar-refractivity contribution in [1.29, 1.82) is 0 Å². The normalized spacial score (nSPS) is 32.9. The highest BCUT2D eigenvalue weighted by molar-refractivity contribution is 4.89. The van der Waals surface area contributed by atoms with E-state index >= 15 is 0 Å². The molecule has 0 aromatic heterocycles. The average molecular weight is 311 g/mol. The van der Waals surface area contributed by atoms with Gasteiger partial charge in [0.1, 0.15) is 0 Å². The number of hydrogen-bond donors (Lipinski definition) is 1. The van der Waals surface area contributed by atoms with Gasteiger partial charge in [-0.25, -0.2) is 0 Å². The predicted octanol–water partition coefficient (Wildman–Crippen LogP) is 3.25. The van der Waals surface area contributed by atoms with Crippen molar-refractivity contribution in [3.05, 3.63) is 0 Å². The van der Waals surface area contributed by atoms with Crippen molar-refractivity contribution in [3.63, 3.8) is 0 Å². The van der Waals surface area contributed by atoms with Gasteiger partial charge in [-0.3, -0.25) is 0 Å². The summed E-state index contributed by atoms with van der Waals surface area (Å²) in [7, 11) is 0. The molecule has 1 aliphatic carbocycles. The number of nitrogens with one attached hydrogen (secondary N) is 1. The Balaban J connectivity index is 1.45. The fourth-order valence-corrected chi connectivity index (χ4v) is 4.47. The van der Waals surface area contributed by atoms with E-state index < -0.39 is 0 Å². The maximum atomic E-state index is 6.04. The van der Waals surface area contributed by atoms with E-state index in [1.54, 1.807) is 0 Å². The minimum Gasteiger partial charge on any atom is -0.378 e. The molecule has 4 heteroatoms. The van der Waals surface area contributed by atoms with Crippen LogP contribution in [0.1, 0.15) is 65.2 Å². The lowest BCUT2D eigenvalue weighted by Gasteiger charge is -2.40. The minimum atomic E-state index is -0.230. The molecule has 0 aromatic carbocycles. The molecule has 3 aliphatic rings. The summed E-state index contributed by atoms with van der Waals surface area (Å²) >= 11 is 0. The first-order chi connectivity index (χ1) is 10.7. The van der Waals surface area contributed by atoms with Gasteiger partial charge in [0.15, 0.2) is 5.79 Å². The Labute approximate surface area is 135 Å². The molecule has 1 spiro atoms. The maximum Gasteiger partial charge on any atom is 0.168 e. The van der Waals surface area contributed by atoms with Crippen molar-refractivity contribution >= 4 is 0 Å². The molecular weight excluding hydrogens is 278 g/mol. The highest BCUT2D eigenvalue weighted by Crippen LogP contribution is 2.36. The third-order valence-electron chi connectivity index (χ3n) is 5.92. The molecule has 2 heterocycles. The first kappa shape index (κ1) is 16.7. The van der Waals surface area contributed by atoms with Crippen LogP contribution in [-0.2, 0) is 14.2 Å². The van der Waals surface area contributed by atoms with Crippen LogP contribution in [0.3, 0.4) is 0 Å². The van der Waals surface area contributed by atoms with Gasteiger partial charge in [0, 0.05) is 31.5 Å². The number of hydrogen-bond acceptors (Lipinski definition) is 4. The van der Waals surface area contributed by atoms with Crippen LogP contribution >= 0.6 is 0 Å². The Bertz CT molecular complexity index is 329. The second-order valence-electron chi connectivity index (χ2n) is 7.26. The summed E-state index contributed by atoms with van der Waals surface area (Å²) in [5.74, 6) is 0.492. The van der Waals surface area contributed by atoms with Gasteiger partial charge in [0.2, 0.25) is 0 Å². The lowest BCUT2D eigenvalue weighted by Crippen LogP contribution is -2.49. The molecule has 4 nitrogen and oxygen atoms in total. The van der Waals surface area contributed by atoms with E-state index in [4.69, 9.17) is 14.2 Å². The summed E-state index contributed by atoms with van der Waals surface area (Å²) in [6.45, 7) is 7.04. The third-order valence-corrected chi connectivity index (χ3v) is 5.92. The van der Waals surface area contributed by atoms with Crippen LogP contribution in [0, 0.1) is 5.92 Å². The summed E-state index contributed by atoms with van der Waals surface area (Å²) in [6, 6.07) is 1.26. The van der Waals surface area contributed by atoms with E-state index in [0.717, 1.165) is 45.0 Å². The number of ether oxygens (including phenoxy) is 3. The Hall–Kier alpha value is -0.160. The van der Waals surface area contributed by atoms with Crippen LogP contribution < -0.4 is 5.32 Å². The van der Waals surface area contributed by atoms with E-state index in [2.05, 4.69) is 19.2 Å². The van der Waals surface area contributed by atoms with Crippen molar-refractivity contribution < 1.29 is 14.2 Å². The van der Waals surface area contributed by atoms with Gasteiger partial charge in [-0.05, 0) is 31.6 Å². The molecule has 0 amide bonds. The van der Waals surface area contributed by atoms with Crippen LogP contribution in [0.15, 0.2) is 0 Å². The average Bonchev–Trinajstić information content (AvgIpc) is 3.00. The largest absolute Gasteiger partial charge is 0.378 e. The van der Waals surface area contributed by atoms with Crippen molar-refractivity contribution in [3.8, 4) is 0 Å². The fraction of sp³-hybridized carbons (Fsp3) is 1.00. The van der Waals surface area contributed by atoms with Crippen LogP contribution in [0.4, 0.5) is 0 Å². The highest BCUT2D eigenvalue weighted by Gasteiger charge is 2.40. The summed E-state index contributed by atoms with van der Waals surface area (Å²) in [5.41, 5.74) is 0. The Morgan fingerprint density at radius 1 is 0.955 bits per heavy atom. The quantitative estimate of drug-likeness (QED) is 0.846. The third kappa shape index (κ3) is 3.84. The van der Waals surface area contributed by atoms with E-state index in [9.17, 15) is 0 Å². The molecule has 1 saturated carbocycles. The first-order valence-corrected chi connectivity index (χ1v) is 9.40. The molecule has 2 saturated heterocycles. The van der Waals surface area contributed by atoms with E-state index in [1.807, 2.05) is 0 Å². The van der Waals surface area contributed by atoms with Gasteiger partial charge >= 0.3 is 0 Å². The molecule has 0 radical (unpaired) electrons. The molecule has 3 fully saturated rings. The van der Waals surface area contributed by atoms with Gasteiger partial charge in [-0.15, -0.1) is 0 Å². The Kier molecular flexibility index (Phi) is 5.77. The predicted molar refractivity (Wildman–Crippen MR) is 86.9 cm³/mol. The molecule has 0 aromatic rings. The van der Waals surface area contributed by atoms with Crippen LogP contribution in [-0.4, -0.2) is 43.8 Å². The summed E-state index contributed by atoms with van der Waals surface area (Å²) < 4.78 is 17.7. The molecule has 3 rings (SSSR count). The van der Waals surface area contributed by atoms with Gasteiger partial charge in [0.25, 0.3) is 0 Å². The van der Waals surface area contributed by atoms with Gasteiger partial charge < -0.3 is 19.5 Å². The van der Waals surface area contributed by atoms with Crippen LogP contribution in [0.25, 0.3) is 0 Å². The molecule has 0 unspecified atom stereocenters. The fourth-order valence-electron chi connectivity index (χ4n) is 4.47. The van der Waals surface area contributed by atoms with Crippen molar-refractivity contribution in [2.75, 3.05) is 19.8 Å². The monoisotopic (exact) mass is 311 g/mol. The smallest absolute Gasteiger partial charge is 0.168 e. The van der Waals surface area contributed by atoms with Crippen molar-refractivity contribution in [2.45, 2.75) is 89.2 Å². The molecule has 1 N–H and O–H groups in total. The van der Waals surface area contributed by atoms with Crippen LogP contribution in [0.5, 0.6) is 0 Å². The second-order valence-corrected chi connectivity index (χ2v) is 7.26. The molecule has 2 atom stereocenters. The second kappa shape index (κ2) is 7.61. The number of rotatable bonds is 5. The minimum absolute atomic E-state index is 0.230. The maximum absolute atomic E-state index is 6.04. The molecule has 0 bridgehead atoms. The summed E-state index contributed by atoms with van der Waals surface area (Å²) in [6.07, 6.45) is 9.70. The molecular formula is C18H33NO3. The highest BCUT2D eigenvalue weighted by atomic mass is 16.7. The van der Waals surface area contributed by atoms with Gasteiger partial charge in [-0.1, -0.05) is 26.7 Å². The summed E-state index contributed by atoms with van der Waals surface area (Å²) in [5, 5.41) is 3.91. The van der Waals surface area contributed by atoms with Crippen molar-refractivity contribution in [1.82, 2.24) is 5.32 Å². The first-order valence-electron chi connectivity index (χ1n) is 9.40. The lowest BCUT2D eigenvalue weighted by molar-refractivity contribution is -0.180. The topological polar surface area (TPSA) is 39.7 Å². The Morgan fingerprint density at radius 3 is 2.27 bits per heavy atom. The zero-order valence-corrected chi connectivity index (χ0v) is 14.3. The molecule has 22 heavy (non-hydrogen) atoms. The SMILES string of the molecule is CCC(CC)[C@H]1C[C@H](NC2CCC3(CC2)OCCO3)CCO1. The lowest BCUT2D eigenvalue weighted by atomic mass is 9.86. The van der Waals surface area contributed by atoms with E-state index in [0.29, 0.717) is 18.2 Å².